The van der Waals surface area contributed by atoms with Crippen molar-refractivity contribution in [3.63, 3.8) is 0 Å². The van der Waals surface area contributed by atoms with Crippen molar-refractivity contribution in [3.8, 4) is 11.5 Å². The summed E-state index contributed by atoms with van der Waals surface area (Å²) in [6, 6.07) is 5.12. The Hall–Kier alpha value is -2.63. The number of hydrogen-bond donors (Lipinski definition) is 1. The van der Waals surface area contributed by atoms with Crippen LogP contribution in [0.1, 0.15) is 64.9 Å². The highest BCUT2D eigenvalue weighted by Crippen LogP contribution is 2.48. The van der Waals surface area contributed by atoms with Gasteiger partial charge in [0.05, 0.1) is 20.1 Å². The molecule has 0 radical (unpaired) electrons. The molecule has 2 aliphatic carbocycles. The van der Waals surface area contributed by atoms with Crippen LogP contribution in [0.2, 0.25) is 0 Å². The van der Waals surface area contributed by atoms with E-state index in [1.165, 1.54) is 14.2 Å². The standard InChI is InChI=1S/C25H32O6/c1-24(2)10-15(26)22(16(27)11-24)21(14-7-8-19(30-5)20(9-14)31-6)23-17(28)12-25(3,4)13-18(23)29/h7-9,21-22,28H,10-13H2,1-6H3/t21-/m0/s1. The Morgan fingerprint density at radius 1 is 0.871 bits per heavy atom. The molecule has 1 aromatic rings. The van der Waals surface area contributed by atoms with Crippen molar-refractivity contribution in [3.05, 3.63) is 35.1 Å². The number of carbonyl (C=O) groups excluding carboxylic acids is 3. The van der Waals surface area contributed by atoms with E-state index in [4.69, 9.17) is 9.47 Å². The van der Waals surface area contributed by atoms with Crippen molar-refractivity contribution in [2.45, 2.75) is 59.3 Å². The Morgan fingerprint density at radius 3 is 1.94 bits per heavy atom. The topological polar surface area (TPSA) is 89.9 Å². The van der Waals surface area contributed by atoms with E-state index in [9.17, 15) is 19.5 Å². The van der Waals surface area contributed by atoms with Gasteiger partial charge in [0.15, 0.2) is 17.3 Å². The molecule has 1 atom stereocenters. The van der Waals surface area contributed by atoms with E-state index in [-0.39, 0.29) is 53.4 Å². The number of allylic oxidation sites excluding steroid dienone is 2. The Morgan fingerprint density at radius 2 is 1.42 bits per heavy atom. The second-order valence-corrected chi connectivity index (χ2v) is 10.3. The van der Waals surface area contributed by atoms with Gasteiger partial charge in [-0.2, -0.15) is 0 Å². The zero-order valence-electron chi connectivity index (χ0n) is 19.2. The van der Waals surface area contributed by atoms with Gasteiger partial charge in [0.2, 0.25) is 0 Å². The molecule has 3 rings (SSSR count). The van der Waals surface area contributed by atoms with E-state index in [1.807, 2.05) is 27.7 Å². The SMILES string of the molecule is COc1ccc([C@H](C2=C(O)CC(C)(C)CC2=O)C2C(=O)CC(C)(C)CC2=O)cc1OC. The van der Waals surface area contributed by atoms with Crippen LogP contribution in [0.3, 0.4) is 0 Å². The number of ether oxygens (including phenoxy) is 2. The highest BCUT2D eigenvalue weighted by atomic mass is 16.5. The molecular formula is C25H32O6. The van der Waals surface area contributed by atoms with Gasteiger partial charge in [-0.25, -0.2) is 0 Å². The molecule has 1 N–H and O–H groups in total. The van der Waals surface area contributed by atoms with Gasteiger partial charge in [0.25, 0.3) is 0 Å². The van der Waals surface area contributed by atoms with Crippen LogP contribution in [-0.4, -0.2) is 36.7 Å². The van der Waals surface area contributed by atoms with Crippen LogP contribution in [0.25, 0.3) is 0 Å². The highest BCUT2D eigenvalue weighted by Gasteiger charge is 2.48. The number of carbonyl (C=O) groups is 3. The number of methoxy groups -OCH3 is 2. The van der Waals surface area contributed by atoms with E-state index in [0.29, 0.717) is 23.5 Å². The Balaban J connectivity index is 2.20. The molecule has 0 aliphatic heterocycles. The number of benzene rings is 1. The second-order valence-electron chi connectivity index (χ2n) is 10.3. The molecule has 0 unspecified atom stereocenters. The third kappa shape index (κ3) is 4.53. The van der Waals surface area contributed by atoms with Gasteiger partial charge >= 0.3 is 0 Å². The first kappa shape index (κ1) is 23.0. The summed E-state index contributed by atoms with van der Waals surface area (Å²) in [5.74, 6) is -1.57. The maximum absolute atomic E-state index is 13.2. The van der Waals surface area contributed by atoms with Gasteiger partial charge in [0, 0.05) is 37.2 Å². The lowest BCUT2D eigenvalue weighted by molar-refractivity contribution is -0.140. The number of ketones is 3. The number of aliphatic hydroxyl groups is 1. The molecular weight excluding hydrogens is 396 g/mol. The summed E-state index contributed by atoms with van der Waals surface area (Å²) >= 11 is 0. The molecule has 6 nitrogen and oxygen atoms in total. The van der Waals surface area contributed by atoms with Crippen LogP contribution >= 0.6 is 0 Å². The average molecular weight is 429 g/mol. The van der Waals surface area contributed by atoms with Crippen molar-refractivity contribution < 1.29 is 29.0 Å². The Bertz CT molecular complexity index is 933. The predicted octanol–water partition coefficient (Wildman–Crippen LogP) is 4.56. The van der Waals surface area contributed by atoms with E-state index in [0.717, 1.165) is 0 Å². The maximum Gasteiger partial charge on any atom is 0.163 e. The lowest BCUT2D eigenvalue weighted by atomic mass is 9.62. The monoisotopic (exact) mass is 428 g/mol. The summed E-state index contributed by atoms with van der Waals surface area (Å²) in [6.45, 7) is 7.64. The molecule has 1 saturated carbocycles. The summed E-state index contributed by atoms with van der Waals surface area (Å²) in [5, 5.41) is 10.9. The largest absolute Gasteiger partial charge is 0.512 e. The normalized spacial score (nSPS) is 22.5. The number of aliphatic hydroxyl groups excluding tert-OH is 1. The van der Waals surface area contributed by atoms with Gasteiger partial charge in [-0.3, -0.25) is 14.4 Å². The second kappa shape index (κ2) is 8.13. The van der Waals surface area contributed by atoms with E-state index >= 15 is 0 Å². The van der Waals surface area contributed by atoms with Crippen molar-refractivity contribution in [2.75, 3.05) is 14.2 Å². The maximum atomic E-state index is 13.2. The third-order valence-electron chi connectivity index (χ3n) is 6.31. The number of Topliss-reactive ketones (excluding diaryl/α,β-unsaturated/α-hetero) is 3. The minimum absolute atomic E-state index is 0.0357. The molecule has 1 fully saturated rings. The quantitative estimate of drug-likeness (QED) is 0.692. The smallest absolute Gasteiger partial charge is 0.163 e. The zero-order chi connectivity index (χ0) is 23.1. The fourth-order valence-electron chi connectivity index (χ4n) is 5.00. The summed E-state index contributed by atoms with van der Waals surface area (Å²) in [5.41, 5.74) is -0.0337. The van der Waals surface area contributed by atoms with Crippen LogP contribution < -0.4 is 9.47 Å². The molecule has 0 heterocycles. The summed E-state index contributed by atoms with van der Waals surface area (Å²) in [4.78, 5) is 39.6. The van der Waals surface area contributed by atoms with Crippen LogP contribution in [-0.2, 0) is 14.4 Å². The number of rotatable bonds is 5. The molecule has 1 aromatic carbocycles. The summed E-state index contributed by atoms with van der Waals surface area (Å²) in [6.07, 6.45) is 1.07. The fourth-order valence-corrected chi connectivity index (χ4v) is 5.00. The fraction of sp³-hybridized carbons (Fsp3) is 0.560. The van der Waals surface area contributed by atoms with Crippen LogP contribution in [0, 0.1) is 16.7 Å². The van der Waals surface area contributed by atoms with Gasteiger partial charge in [-0.05, 0) is 28.5 Å². The third-order valence-corrected chi connectivity index (χ3v) is 6.31. The summed E-state index contributed by atoms with van der Waals surface area (Å²) < 4.78 is 10.7. The van der Waals surface area contributed by atoms with Crippen molar-refractivity contribution >= 4 is 17.3 Å². The Kier molecular flexibility index (Phi) is 6.05. The summed E-state index contributed by atoms with van der Waals surface area (Å²) in [7, 11) is 3.02. The Labute approximate surface area is 183 Å². The molecule has 0 amide bonds. The first-order valence-corrected chi connectivity index (χ1v) is 10.6. The van der Waals surface area contributed by atoms with Crippen LogP contribution in [0.5, 0.6) is 11.5 Å². The van der Waals surface area contributed by atoms with E-state index in [2.05, 4.69) is 0 Å². The molecule has 0 saturated heterocycles. The van der Waals surface area contributed by atoms with Gasteiger partial charge in [-0.15, -0.1) is 0 Å². The molecule has 0 bridgehead atoms. The molecule has 168 valence electrons. The first-order valence-electron chi connectivity index (χ1n) is 10.6. The molecule has 6 heteroatoms. The van der Waals surface area contributed by atoms with Crippen molar-refractivity contribution in [1.82, 2.24) is 0 Å². The minimum atomic E-state index is -1.01. The average Bonchev–Trinajstić information content (AvgIpc) is 2.63. The zero-order valence-corrected chi connectivity index (χ0v) is 19.2. The van der Waals surface area contributed by atoms with Gasteiger partial charge in [0.1, 0.15) is 17.3 Å². The van der Waals surface area contributed by atoms with Crippen molar-refractivity contribution in [2.24, 2.45) is 16.7 Å². The van der Waals surface area contributed by atoms with Gasteiger partial charge in [-0.1, -0.05) is 33.8 Å². The minimum Gasteiger partial charge on any atom is -0.512 e. The lowest BCUT2D eigenvalue weighted by Gasteiger charge is -2.39. The first-order chi connectivity index (χ1) is 14.4. The lowest BCUT2D eigenvalue weighted by Crippen LogP contribution is -2.43. The molecule has 0 spiro atoms. The predicted molar refractivity (Wildman–Crippen MR) is 116 cm³/mol. The van der Waals surface area contributed by atoms with Crippen LogP contribution in [0.4, 0.5) is 0 Å². The number of hydrogen-bond acceptors (Lipinski definition) is 6. The molecule has 2 aliphatic rings. The van der Waals surface area contributed by atoms with E-state index in [1.54, 1.807) is 18.2 Å². The van der Waals surface area contributed by atoms with Crippen LogP contribution in [0.15, 0.2) is 29.5 Å². The molecule has 31 heavy (non-hydrogen) atoms. The van der Waals surface area contributed by atoms with Gasteiger partial charge < -0.3 is 14.6 Å². The highest BCUT2D eigenvalue weighted by molar-refractivity contribution is 6.09. The van der Waals surface area contributed by atoms with Crippen molar-refractivity contribution in [1.29, 1.82) is 0 Å². The molecule has 0 aromatic heterocycles. The van der Waals surface area contributed by atoms with E-state index < -0.39 is 17.3 Å².